The zero-order chi connectivity index (χ0) is 21.1. The summed E-state index contributed by atoms with van der Waals surface area (Å²) in [5.74, 6) is 0.706. The predicted molar refractivity (Wildman–Crippen MR) is 106 cm³/mol. The van der Waals surface area contributed by atoms with Gasteiger partial charge in [-0.25, -0.2) is 0 Å². The first-order valence-corrected chi connectivity index (χ1v) is 10.2. The highest BCUT2D eigenvalue weighted by Crippen LogP contribution is 2.41. The lowest BCUT2D eigenvalue weighted by atomic mass is 10.3. The van der Waals surface area contributed by atoms with E-state index in [1.54, 1.807) is 0 Å². The molecule has 4 rings (SSSR count). The van der Waals surface area contributed by atoms with Crippen molar-refractivity contribution < 1.29 is 22.7 Å². The molecule has 1 amide bonds. The van der Waals surface area contributed by atoms with Crippen molar-refractivity contribution in [2.75, 3.05) is 11.1 Å². The number of carbonyl (C=O) groups excluding carboxylic acids is 1. The van der Waals surface area contributed by atoms with Gasteiger partial charge in [-0.2, -0.15) is 0 Å². The molecule has 10 heteroatoms. The maximum Gasteiger partial charge on any atom is 0.573 e. The molecule has 3 aromatic rings. The number of rotatable bonds is 7. The van der Waals surface area contributed by atoms with E-state index in [0.29, 0.717) is 16.8 Å². The van der Waals surface area contributed by atoms with Gasteiger partial charge in [0.05, 0.1) is 5.75 Å². The summed E-state index contributed by atoms with van der Waals surface area (Å²) >= 11 is 1.25. The number of nitrogens with zero attached hydrogens (tertiary/aromatic N) is 3. The van der Waals surface area contributed by atoms with Gasteiger partial charge in [0.15, 0.2) is 5.16 Å². The second-order valence-electron chi connectivity index (χ2n) is 6.70. The van der Waals surface area contributed by atoms with E-state index in [0.717, 1.165) is 36.5 Å². The van der Waals surface area contributed by atoms with E-state index in [1.807, 2.05) is 34.9 Å². The monoisotopic (exact) mass is 434 g/mol. The van der Waals surface area contributed by atoms with Crippen LogP contribution in [-0.2, 0) is 4.79 Å². The van der Waals surface area contributed by atoms with E-state index in [9.17, 15) is 18.0 Å². The first-order valence-electron chi connectivity index (χ1n) is 9.18. The first-order chi connectivity index (χ1) is 14.4. The Hall–Kier alpha value is -3.01. The van der Waals surface area contributed by atoms with Crippen LogP contribution in [0.1, 0.15) is 24.6 Å². The largest absolute Gasteiger partial charge is 0.573 e. The number of carbonyl (C=O) groups is 1. The lowest BCUT2D eigenvalue weighted by Crippen LogP contribution is -2.17. The van der Waals surface area contributed by atoms with Crippen LogP contribution in [0.4, 0.5) is 18.9 Å². The van der Waals surface area contributed by atoms with Crippen LogP contribution in [0.5, 0.6) is 5.75 Å². The summed E-state index contributed by atoms with van der Waals surface area (Å²) in [6, 6.07) is 14.7. The number of halogens is 3. The third kappa shape index (κ3) is 5.12. The maximum absolute atomic E-state index is 12.3. The van der Waals surface area contributed by atoms with Gasteiger partial charge in [0.25, 0.3) is 0 Å². The number of ether oxygens (including phenoxy) is 1. The molecule has 1 aromatic heterocycles. The van der Waals surface area contributed by atoms with Crippen LogP contribution in [-0.4, -0.2) is 32.8 Å². The van der Waals surface area contributed by atoms with Gasteiger partial charge in [0.2, 0.25) is 5.91 Å². The van der Waals surface area contributed by atoms with E-state index < -0.39 is 6.36 Å². The fourth-order valence-corrected chi connectivity index (χ4v) is 3.63. The number of hydrogen-bond acceptors (Lipinski definition) is 5. The highest BCUT2D eigenvalue weighted by Gasteiger charge is 2.32. The van der Waals surface area contributed by atoms with E-state index >= 15 is 0 Å². The Kier molecular flexibility index (Phi) is 5.67. The second kappa shape index (κ2) is 8.39. The molecule has 1 fully saturated rings. The van der Waals surface area contributed by atoms with Gasteiger partial charge in [-0.05, 0) is 49.2 Å². The van der Waals surface area contributed by atoms with Crippen molar-refractivity contribution in [2.24, 2.45) is 0 Å². The van der Waals surface area contributed by atoms with Crippen molar-refractivity contribution in [1.82, 2.24) is 14.8 Å². The predicted octanol–water partition coefficient (Wildman–Crippen LogP) is 4.77. The summed E-state index contributed by atoms with van der Waals surface area (Å²) < 4.78 is 42.4. The number of thioether (sulfide) groups is 1. The van der Waals surface area contributed by atoms with Gasteiger partial charge in [0.1, 0.15) is 11.6 Å². The molecule has 0 spiro atoms. The number of aromatic nitrogens is 3. The Morgan fingerprint density at radius 1 is 1.10 bits per heavy atom. The molecule has 2 aromatic carbocycles. The van der Waals surface area contributed by atoms with Gasteiger partial charge in [-0.15, -0.1) is 23.4 Å². The topological polar surface area (TPSA) is 69.0 Å². The normalized spacial score (nSPS) is 13.8. The van der Waals surface area contributed by atoms with Crippen molar-refractivity contribution in [3.8, 4) is 11.4 Å². The van der Waals surface area contributed by atoms with Crippen LogP contribution < -0.4 is 10.1 Å². The molecule has 1 aliphatic rings. The average Bonchev–Trinajstić information content (AvgIpc) is 3.47. The Morgan fingerprint density at radius 2 is 1.80 bits per heavy atom. The fourth-order valence-electron chi connectivity index (χ4n) is 2.87. The van der Waals surface area contributed by atoms with Crippen LogP contribution in [0.3, 0.4) is 0 Å². The molecule has 6 nitrogen and oxygen atoms in total. The molecule has 30 heavy (non-hydrogen) atoms. The Labute approximate surface area is 174 Å². The van der Waals surface area contributed by atoms with E-state index in [1.165, 1.54) is 23.9 Å². The SMILES string of the molecule is O=C(CSc1nnc(C2CC2)n1-c1ccccc1)Nc1ccc(OC(F)(F)F)cc1. The summed E-state index contributed by atoms with van der Waals surface area (Å²) in [5.41, 5.74) is 1.31. The number of alkyl halides is 3. The van der Waals surface area contributed by atoms with Crippen molar-refractivity contribution in [3.05, 3.63) is 60.4 Å². The highest BCUT2D eigenvalue weighted by atomic mass is 32.2. The minimum absolute atomic E-state index is 0.0798. The van der Waals surface area contributed by atoms with Crippen molar-refractivity contribution >= 4 is 23.4 Å². The Balaban J connectivity index is 1.40. The first kappa shape index (κ1) is 20.3. The lowest BCUT2D eigenvalue weighted by molar-refractivity contribution is -0.274. The summed E-state index contributed by atoms with van der Waals surface area (Å²) in [7, 11) is 0. The molecule has 1 aliphatic carbocycles. The minimum Gasteiger partial charge on any atom is -0.406 e. The smallest absolute Gasteiger partial charge is 0.406 e. The molecule has 1 saturated carbocycles. The van der Waals surface area contributed by atoms with E-state index in [4.69, 9.17) is 0 Å². The molecule has 156 valence electrons. The third-order valence-electron chi connectivity index (χ3n) is 4.32. The number of nitrogens with one attached hydrogen (secondary N) is 1. The van der Waals surface area contributed by atoms with Gasteiger partial charge < -0.3 is 10.1 Å². The second-order valence-corrected chi connectivity index (χ2v) is 7.64. The molecular weight excluding hydrogens is 417 g/mol. The highest BCUT2D eigenvalue weighted by molar-refractivity contribution is 7.99. The molecule has 1 heterocycles. The summed E-state index contributed by atoms with van der Waals surface area (Å²) in [6.45, 7) is 0. The summed E-state index contributed by atoms with van der Waals surface area (Å²) in [6.07, 6.45) is -2.61. The maximum atomic E-state index is 12.3. The van der Waals surface area contributed by atoms with Crippen molar-refractivity contribution in [3.63, 3.8) is 0 Å². The van der Waals surface area contributed by atoms with Gasteiger partial charge in [-0.3, -0.25) is 9.36 Å². The number of benzene rings is 2. The molecule has 0 unspecified atom stereocenters. The molecule has 0 atom stereocenters. The van der Waals surface area contributed by atoms with E-state index in [2.05, 4.69) is 20.3 Å². The van der Waals surface area contributed by atoms with Crippen LogP contribution in [0.2, 0.25) is 0 Å². The molecule has 0 bridgehead atoms. The van der Waals surface area contributed by atoms with Crippen molar-refractivity contribution in [1.29, 1.82) is 0 Å². The van der Waals surface area contributed by atoms with Crippen LogP contribution in [0, 0.1) is 0 Å². The molecule has 0 saturated heterocycles. The summed E-state index contributed by atoms with van der Waals surface area (Å²) in [5, 5.41) is 11.8. The zero-order valence-electron chi connectivity index (χ0n) is 15.6. The van der Waals surface area contributed by atoms with Crippen LogP contribution in [0.15, 0.2) is 59.8 Å². The summed E-state index contributed by atoms with van der Waals surface area (Å²) in [4.78, 5) is 12.3. The third-order valence-corrected chi connectivity index (χ3v) is 5.25. The van der Waals surface area contributed by atoms with E-state index in [-0.39, 0.29) is 17.4 Å². The van der Waals surface area contributed by atoms with Crippen molar-refractivity contribution in [2.45, 2.75) is 30.3 Å². The Morgan fingerprint density at radius 3 is 2.43 bits per heavy atom. The molecule has 1 N–H and O–H groups in total. The standard InChI is InChI=1S/C20H17F3N4O2S/c21-20(22,23)29-16-10-8-14(9-11-16)24-17(28)12-30-19-26-25-18(13-6-7-13)27(19)15-4-2-1-3-5-15/h1-5,8-11,13H,6-7,12H2,(H,24,28). The number of anilines is 1. The average molecular weight is 434 g/mol. The zero-order valence-corrected chi connectivity index (χ0v) is 16.4. The fraction of sp³-hybridized carbons (Fsp3) is 0.250. The quantitative estimate of drug-likeness (QED) is 0.543. The van der Waals surface area contributed by atoms with Gasteiger partial charge in [-0.1, -0.05) is 30.0 Å². The number of para-hydroxylation sites is 1. The van der Waals surface area contributed by atoms with Gasteiger partial charge in [0, 0.05) is 17.3 Å². The van der Waals surface area contributed by atoms with Crippen LogP contribution >= 0.6 is 11.8 Å². The minimum atomic E-state index is -4.75. The molecule has 0 aliphatic heterocycles. The molecule has 0 radical (unpaired) electrons. The van der Waals surface area contributed by atoms with Crippen LogP contribution in [0.25, 0.3) is 5.69 Å². The molecular formula is C20H17F3N4O2S. The lowest BCUT2D eigenvalue weighted by Gasteiger charge is -2.11. The number of hydrogen-bond donors (Lipinski definition) is 1. The number of amides is 1. The van der Waals surface area contributed by atoms with Gasteiger partial charge >= 0.3 is 6.36 Å². The Bertz CT molecular complexity index is 1020.